The average Bonchev–Trinajstić information content (AvgIpc) is 3.26. The van der Waals surface area contributed by atoms with E-state index in [1.165, 1.54) is 30.5 Å². The van der Waals surface area contributed by atoms with Crippen LogP contribution >= 0.6 is 0 Å². The van der Waals surface area contributed by atoms with Gasteiger partial charge >= 0.3 is 5.91 Å². The summed E-state index contributed by atoms with van der Waals surface area (Å²) in [6.45, 7) is 2.43. The van der Waals surface area contributed by atoms with E-state index < -0.39 is 10.8 Å². The van der Waals surface area contributed by atoms with Crippen molar-refractivity contribution in [2.24, 2.45) is 5.10 Å². The van der Waals surface area contributed by atoms with E-state index in [1.807, 2.05) is 25.1 Å². The summed E-state index contributed by atoms with van der Waals surface area (Å²) in [6.07, 6.45) is 1.46. The number of carbonyl (C=O) groups is 1. The molecule has 0 aliphatic heterocycles. The number of amides is 1. The van der Waals surface area contributed by atoms with Gasteiger partial charge in [0.05, 0.1) is 18.2 Å². The van der Waals surface area contributed by atoms with Gasteiger partial charge in [-0.15, -0.1) is 0 Å². The minimum absolute atomic E-state index is 0.00914. The number of carbonyl (C=O) groups excluding carboxylic acids is 1. The largest absolute Gasteiger partial charge is 0.493 e. The second-order valence-corrected chi connectivity index (χ2v) is 7.48. The molecule has 0 aliphatic carbocycles. The lowest BCUT2D eigenvalue weighted by atomic mass is 10.1. The van der Waals surface area contributed by atoms with Crippen molar-refractivity contribution in [2.75, 3.05) is 7.11 Å². The van der Waals surface area contributed by atoms with Crippen molar-refractivity contribution in [1.82, 2.24) is 5.43 Å². The highest BCUT2D eigenvalue weighted by molar-refractivity contribution is 5.97. The summed E-state index contributed by atoms with van der Waals surface area (Å²) in [5.74, 6) is 0.522. The fourth-order valence-electron chi connectivity index (χ4n) is 3.32. The number of rotatable bonds is 8. The van der Waals surface area contributed by atoms with Crippen molar-refractivity contribution in [3.8, 4) is 11.5 Å². The number of nitrogens with zero attached hydrogens (tertiary/aromatic N) is 2. The van der Waals surface area contributed by atoms with Gasteiger partial charge in [0.15, 0.2) is 17.3 Å². The van der Waals surface area contributed by atoms with Crippen LogP contribution < -0.4 is 14.9 Å². The molecular formula is C25H21N3O6. The smallest absolute Gasteiger partial charge is 0.307 e. The number of hydrogen-bond donors (Lipinski definition) is 1. The van der Waals surface area contributed by atoms with Crippen LogP contribution in [0, 0.1) is 17.0 Å². The van der Waals surface area contributed by atoms with Gasteiger partial charge in [0.1, 0.15) is 12.2 Å². The molecule has 9 heteroatoms. The molecule has 9 nitrogen and oxygen atoms in total. The van der Waals surface area contributed by atoms with Crippen molar-refractivity contribution < 1.29 is 23.6 Å². The fraction of sp³-hybridized carbons (Fsp3) is 0.120. The van der Waals surface area contributed by atoms with E-state index in [1.54, 1.807) is 25.3 Å². The average molecular weight is 459 g/mol. The van der Waals surface area contributed by atoms with Gasteiger partial charge < -0.3 is 13.9 Å². The predicted molar refractivity (Wildman–Crippen MR) is 126 cm³/mol. The van der Waals surface area contributed by atoms with E-state index in [0.29, 0.717) is 34.6 Å². The molecule has 1 aromatic heterocycles. The van der Waals surface area contributed by atoms with E-state index in [4.69, 9.17) is 13.9 Å². The van der Waals surface area contributed by atoms with Gasteiger partial charge in [-0.1, -0.05) is 29.8 Å². The molecule has 0 unspecified atom stereocenters. The number of furan rings is 1. The number of nitrogens with one attached hydrogen (secondary N) is 1. The Hall–Kier alpha value is -4.66. The summed E-state index contributed by atoms with van der Waals surface area (Å²) >= 11 is 0. The predicted octanol–water partition coefficient (Wildman–Crippen LogP) is 5.00. The van der Waals surface area contributed by atoms with Gasteiger partial charge in [0.2, 0.25) is 0 Å². The monoisotopic (exact) mass is 459 g/mol. The molecule has 3 aromatic carbocycles. The topological polar surface area (TPSA) is 116 Å². The van der Waals surface area contributed by atoms with Crippen LogP contribution in [0.3, 0.4) is 0 Å². The number of nitro groups is 1. The summed E-state index contributed by atoms with van der Waals surface area (Å²) in [5, 5.41) is 15.3. The zero-order valence-corrected chi connectivity index (χ0v) is 18.5. The molecule has 1 N–H and O–H groups in total. The maximum atomic E-state index is 12.3. The SMILES string of the molecule is COc1cc(/C=N/NC(=O)c2cc3cc([N+](=O)[O-])ccc3o2)ccc1OCc1cccc(C)c1. The van der Waals surface area contributed by atoms with E-state index in [0.717, 1.165) is 11.1 Å². The number of hydrogen-bond acceptors (Lipinski definition) is 7. The first-order valence-electron chi connectivity index (χ1n) is 10.3. The Bertz CT molecular complexity index is 1390. The summed E-state index contributed by atoms with van der Waals surface area (Å²) in [5.41, 5.74) is 5.55. The summed E-state index contributed by atoms with van der Waals surface area (Å²) in [4.78, 5) is 22.7. The third-order valence-corrected chi connectivity index (χ3v) is 4.98. The normalized spacial score (nSPS) is 11.0. The molecule has 0 saturated carbocycles. The lowest BCUT2D eigenvalue weighted by molar-refractivity contribution is -0.384. The quantitative estimate of drug-likeness (QED) is 0.225. The molecule has 0 radical (unpaired) electrons. The lowest BCUT2D eigenvalue weighted by Crippen LogP contribution is -2.16. The maximum Gasteiger partial charge on any atom is 0.307 e. The van der Waals surface area contributed by atoms with Gasteiger partial charge in [0, 0.05) is 17.5 Å². The van der Waals surface area contributed by atoms with Gasteiger partial charge in [-0.25, -0.2) is 5.43 Å². The maximum absolute atomic E-state index is 12.3. The molecule has 1 heterocycles. The number of methoxy groups -OCH3 is 1. The first-order chi connectivity index (χ1) is 16.4. The number of aryl methyl sites for hydroxylation is 1. The van der Waals surface area contributed by atoms with Crippen LogP contribution in [0.15, 0.2) is 76.2 Å². The molecule has 4 aromatic rings. The molecule has 0 atom stereocenters. The van der Waals surface area contributed by atoms with Crippen molar-refractivity contribution in [3.05, 3.63) is 99.3 Å². The molecule has 0 fully saturated rings. The Morgan fingerprint density at radius 2 is 1.97 bits per heavy atom. The zero-order valence-electron chi connectivity index (χ0n) is 18.5. The van der Waals surface area contributed by atoms with Crippen molar-refractivity contribution in [1.29, 1.82) is 0 Å². The summed E-state index contributed by atoms with van der Waals surface area (Å²) < 4.78 is 16.7. The highest BCUT2D eigenvalue weighted by Crippen LogP contribution is 2.28. The van der Waals surface area contributed by atoms with Crippen LogP contribution in [0.25, 0.3) is 11.0 Å². The Balaban J connectivity index is 1.40. The Kier molecular flexibility index (Phi) is 6.54. The van der Waals surface area contributed by atoms with E-state index in [-0.39, 0.29) is 11.4 Å². The summed E-state index contributed by atoms with van der Waals surface area (Å²) in [6, 6.07) is 18.9. The number of hydrazone groups is 1. The third-order valence-electron chi connectivity index (χ3n) is 4.98. The molecule has 34 heavy (non-hydrogen) atoms. The van der Waals surface area contributed by atoms with E-state index in [2.05, 4.69) is 16.6 Å². The first kappa shape index (κ1) is 22.5. The van der Waals surface area contributed by atoms with Gasteiger partial charge in [-0.2, -0.15) is 5.10 Å². The molecule has 1 amide bonds. The van der Waals surface area contributed by atoms with E-state index in [9.17, 15) is 14.9 Å². The van der Waals surface area contributed by atoms with Crippen LogP contribution in [0.4, 0.5) is 5.69 Å². The lowest BCUT2D eigenvalue weighted by Gasteiger charge is -2.11. The highest BCUT2D eigenvalue weighted by atomic mass is 16.6. The van der Waals surface area contributed by atoms with Crippen LogP contribution in [-0.4, -0.2) is 24.2 Å². The molecule has 0 bridgehead atoms. The van der Waals surface area contributed by atoms with Crippen molar-refractivity contribution >= 4 is 28.8 Å². The molecule has 172 valence electrons. The zero-order chi connectivity index (χ0) is 24.1. The molecule has 0 aliphatic rings. The first-order valence-corrected chi connectivity index (χ1v) is 10.3. The minimum Gasteiger partial charge on any atom is -0.493 e. The number of benzene rings is 3. The molecule has 0 spiro atoms. The van der Waals surface area contributed by atoms with Crippen LogP contribution in [0.2, 0.25) is 0 Å². The third kappa shape index (κ3) is 5.21. The van der Waals surface area contributed by atoms with Crippen LogP contribution in [0.5, 0.6) is 11.5 Å². The molecule has 0 saturated heterocycles. The fourth-order valence-corrected chi connectivity index (χ4v) is 3.32. The molecule has 4 rings (SSSR count). The van der Waals surface area contributed by atoms with Gasteiger partial charge in [0.25, 0.3) is 5.69 Å². The number of ether oxygens (including phenoxy) is 2. The number of nitro benzene ring substituents is 1. The second-order valence-electron chi connectivity index (χ2n) is 7.48. The number of fused-ring (bicyclic) bond motifs is 1. The van der Waals surface area contributed by atoms with E-state index >= 15 is 0 Å². The van der Waals surface area contributed by atoms with Gasteiger partial charge in [-0.3, -0.25) is 14.9 Å². The number of non-ortho nitro benzene ring substituents is 1. The molecular weight excluding hydrogens is 438 g/mol. The highest BCUT2D eigenvalue weighted by Gasteiger charge is 2.14. The van der Waals surface area contributed by atoms with Gasteiger partial charge in [-0.05, 0) is 48.4 Å². The standard InChI is InChI=1S/C25H21N3O6/c1-16-4-3-5-18(10-16)15-33-22-8-6-17(11-23(22)32-2)14-26-27-25(29)24-13-19-12-20(28(30)31)7-9-21(19)34-24/h3-14H,15H2,1-2H3,(H,27,29)/b26-14+. The minimum atomic E-state index is -0.583. The summed E-state index contributed by atoms with van der Waals surface area (Å²) in [7, 11) is 1.55. The van der Waals surface area contributed by atoms with Crippen LogP contribution in [0.1, 0.15) is 27.2 Å². The van der Waals surface area contributed by atoms with Crippen LogP contribution in [-0.2, 0) is 6.61 Å². The Labute approximate surface area is 194 Å². The Morgan fingerprint density at radius 3 is 2.74 bits per heavy atom. The van der Waals surface area contributed by atoms with Crippen molar-refractivity contribution in [3.63, 3.8) is 0 Å². The van der Waals surface area contributed by atoms with Crippen molar-refractivity contribution in [2.45, 2.75) is 13.5 Å². The second kappa shape index (κ2) is 9.86. The Morgan fingerprint density at radius 1 is 1.12 bits per heavy atom.